The number of hydrogen-bond acceptors (Lipinski definition) is 3. The normalized spacial score (nSPS) is 27.0. The Bertz CT molecular complexity index is 455. The molecule has 2 aliphatic heterocycles. The van der Waals surface area contributed by atoms with Crippen LogP contribution in [-0.4, -0.2) is 19.8 Å². The third kappa shape index (κ3) is 1.95. The molecule has 0 aliphatic carbocycles. The summed E-state index contributed by atoms with van der Waals surface area (Å²) in [5.74, 6) is 1.54. The standard InChI is InChI=1S/C14H18ClNO2/c1-14(6-2-7-16-14)10-4-5-11(15)13-12(10)17-8-3-9-18-13/h4-5,16H,2-3,6-9H2,1H3. The molecule has 0 amide bonds. The van der Waals surface area contributed by atoms with E-state index in [1.807, 2.05) is 6.07 Å². The molecule has 4 heteroatoms. The fourth-order valence-corrected chi connectivity index (χ4v) is 2.99. The molecule has 1 aromatic carbocycles. The first-order valence-electron chi connectivity index (χ1n) is 6.54. The summed E-state index contributed by atoms with van der Waals surface area (Å²) in [5, 5.41) is 4.20. The van der Waals surface area contributed by atoms with Gasteiger partial charge in [-0.25, -0.2) is 0 Å². The van der Waals surface area contributed by atoms with Crippen LogP contribution >= 0.6 is 11.6 Å². The third-order valence-corrected chi connectivity index (χ3v) is 4.11. The minimum Gasteiger partial charge on any atom is -0.489 e. The molecule has 0 saturated carbocycles. The zero-order valence-corrected chi connectivity index (χ0v) is 11.3. The van der Waals surface area contributed by atoms with Crippen molar-refractivity contribution in [1.82, 2.24) is 5.32 Å². The molecule has 2 heterocycles. The maximum absolute atomic E-state index is 6.21. The predicted octanol–water partition coefficient (Wildman–Crippen LogP) is 3.10. The number of halogens is 1. The summed E-state index contributed by atoms with van der Waals surface area (Å²) in [6.07, 6.45) is 3.20. The zero-order chi connectivity index (χ0) is 12.6. The van der Waals surface area contributed by atoms with Crippen molar-refractivity contribution in [1.29, 1.82) is 0 Å². The van der Waals surface area contributed by atoms with Gasteiger partial charge in [-0.3, -0.25) is 0 Å². The Balaban J connectivity index is 2.10. The van der Waals surface area contributed by atoms with Gasteiger partial charge in [-0.2, -0.15) is 0 Å². The van der Waals surface area contributed by atoms with Gasteiger partial charge in [-0.05, 0) is 32.4 Å². The molecule has 2 aliphatic rings. The zero-order valence-electron chi connectivity index (χ0n) is 10.6. The third-order valence-electron chi connectivity index (χ3n) is 3.81. The van der Waals surface area contributed by atoms with E-state index in [1.54, 1.807) is 0 Å². The van der Waals surface area contributed by atoms with Crippen molar-refractivity contribution >= 4 is 11.6 Å². The fraction of sp³-hybridized carbons (Fsp3) is 0.571. The summed E-state index contributed by atoms with van der Waals surface area (Å²) in [5.41, 5.74) is 1.14. The van der Waals surface area contributed by atoms with E-state index < -0.39 is 0 Å². The molecule has 3 nitrogen and oxygen atoms in total. The molecule has 1 aromatic rings. The van der Waals surface area contributed by atoms with Gasteiger partial charge in [0.1, 0.15) is 0 Å². The van der Waals surface area contributed by atoms with E-state index in [-0.39, 0.29) is 5.54 Å². The number of nitrogens with one attached hydrogen (secondary N) is 1. The molecule has 18 heavy (non-hydrogen) atoms. The summed E-state index contributed by atoms with van der Waals surface area (Å²) in [6, 6.07) is 3.98. The molecular formula is C14H18ClNO2. The van der Waals surface area contributed by atoms with E-state index in [0.717, 1.165) is 25.1 Å². The fourth-order valence-electron chi connectivity index (χ4n) is 2.78. The van der Waals surface area contributed by atoms with Crippen LogP contribution in [0.3, 0.4) is 0 Å². The smallest absolute Gasteiger partial charge is 0.180 e. The van der Waals surface area contributed by atoms with Crippen LogP contribution in [0.25, 0.3) is 0 Å². The second-order valence-electron chi connectivity index (χ2n) is 5.17. The molecule has 0 spiro atoms. The predicted molar refractivity (Wildman–Crippen MR) is 71.6 cm³/mol. The van der Waals surface area contributed by atoms with Crippen LogP contribution < -0.4 is 14.8 Å². The molecular weight excluding hydrogens is 250 g/mol. The van der Waals surface area contributed by atoms with E-state index in [2.05, 4.69) is 18.3 Å². The van der Waals surface area contributed by atoms with E-state index in [9.17, 15) is 0 Å². The summed E-state index contributed by atoms with van der Waals surface area (Å²) in [4.78, 5) is 0. The molecule has 1 fully saturated rings. The van der Waals surface area contributed by atoms with E-state index in [4.69, 9.17) is 21.1 Å². The monoisotopic (exact) mass is 267 g/mol. The molecule has 1 unspecified atom stereocenters. The van der Waals surface area contributed by atoms with Crippen LogP contribution in [0.1, 0.15) is 31.7 Å². The van der Waals surface area contributed by atoms with Crippen molar-refractivity contribution in [3.05, 3.63) is 22.7 Å². The van der Waals surface area contributed by atoms with Crippen LogP contribution in [0.4, 0.5) is 0 Å². The minimum absolute atomic E-state index is 0.0254. The van der Waals surface area contributed by atoms with Gasteiger partial charge in [-0.1, -0.05) is 17.7 Å². The largest absolute Gasteiger partial charge is 0.489 e. The second-order valence-corrected chi connectivity index (χ2v) is 5.57. The highest BCUT2D eigenvalue weighted by molar-refractivity contribution is 6.32. The Morgan fingerprint density at radius 1 is 1.17 bits per heavy atom. The highest BCUT2D eigenvalue weighted by atomic mass is 35.5. The van der Waals surface area contributed by atoms with Gasteiger partial charge in [-0.15, -0.1) is 0 Å². The Labute approximate surface area is 112 Å². The van der Waals surface area contributed by atoms with Crippen molar-refractivity contribution in [3.63, 3.8) is 0 Å². The van der Waals surface area contributed by atoms with E-state index >= 15 is 0 Å². The molecule has 1 saturated heterocycles. The van der Waals surface area contributed by atoms with Crippen molar-refractivity contribution in [2.75, 3.05) is 19.8 Å². The molecule has 0 radical (unpaired) electrons. The summed E-state index contributed by atoms with van der Waals surface area (Å²) < 4.78 is 11.6. The van der Waals surface area contributed by atoms with E-state index in [1.165, 1.54) is 12.0 Å². The molecule has 98 valence electrons. The van der Waals surface area contributed by atoms with E-state index in [0.29, 0.717) is 24.0 Å². The molecule has 0 bridgehead atoms. The van der Waals surface area contributed by atoms with Gasteiger partial charge in [0.15, 0.2) is 11.5 Å². The highest BCUT2D eigenvalue weighted by Gasteiger charge is 2.35. The topological polar surface area (TPSA) is 30.5 Å². The first-order valence-corrected chi connectivity index (χ1v) is 6.92. The number of benzene rings is 1. The van der Waals surface area contributed by atoms with Crippen molar-refractivity contribution in [2.24, 2.45) is 0 Å². The van der Waals surface area contributed by atoms with Crippen LogP contribution in [0.5, 0.6) is 11.5 Å². The van der Waals surface area contributed by atoms with Gasteiger partial charge in [0, 0.05) is 17.5 Å². The van der Waals surface area contributed by atoms with Crippen LogP contribution in [0.2, 0.25) is 5.02 Å². The summed E-state index contributed by atoms with van der Waals surface area (Å²) in [7, 11) is 0. The number of ether oxygens (including phenoxy) is 2. The molecule has 0 aromatic heterocycles. The molecule has 1 N–H and O–H groups in total. The average molecular weight is 268 g/mol. The van der Waals surface area contributed by atoms with Crippen LogP contribution in [-0.2, 0) is 5.54 Å². The Morgan fingerprint density at radius 3 is 2.67 bits per heavy atom. The lowest BCUT2D eigenvalue weighted by atomic mass is 9.89. The molecule has 1 atom stereocenters. The Kier molecular flexibility index (Phi) is 3.12. The average Bonchev–Trinajstić information content (AvgIpc) is 2.65. The van der Waals surface area contributed by atoms with Gasteiger partial charge < -0.3 is 14.8 Å². The SMILES string of the molecule is CC1(c2ccc(Cl)c3c2OCCCO3)CCCN1. The number of rotatable bonds is 1. The minimum atomic E-state index is -0.0254. The van der Waals surface area contributed by atoms with Crippen LogP contribution in [0, 0.1) is 0 Å². The van der Waals surface area contributed by atoms with Gasteiger partial charge in [0.05, 0.1) is 18.2 Å². The molecule has 3 rings (SSSR count). The van der Waals surface area contributed by atoms with Crippen molar-refractivity contribution in [2.45, 2.75) is 31.7 Å². The van der Waals surface area contributed by atoms with Gasteiger partial charge >= 0.3 is 0 Å². The summed E-state index contributed by atoms with van der Waals surface area (Å²) >= 11 is 6.21. The lowest BCUT2D eigenvalue weighted by Gasteiger charge is -2.28. The number of hydrogen-bond donors (Lipinski definition) is 1. The van der Waals surface area contributed by atoms with Crippen molar-refractivity contribution < 1.29 is 9.47 Å². The first-order chi connectivity index (χ1) is 8.71. The summed E-state index contributed by atoms with van der Waals surface area (Å²) in [6.45, 7) is 4.63. The Morgan fingerprint density at radius 2 is 1.94 bits per heavy atom. The van der Waals surface area contributed by atoms with Gasteiger partial charge in [0.2, 0.25) is 0 Å². The number of fused-ring (bicyclic) bond motifs is 1. The van der Waals surface area contributed by atoms with Gasteiger partial charge in [0.25, 0.3) is 0 Å². The first kappa shape index (κ1) is 12.1. The van der Waals surface area contributed by atoms with Crippen LogP contribution in [0.15, 0.2) is 12.1 Å². The lowest BCUT2D eigenvalue weighted by Crippen LogP contribution is -2.33. The highest BCUT2D eigenvalue weighted by Crippen LogP contribution is 2.45. The second kappa shape index (κ2) is 4.63. The maximum atomic E-state index is 6.21. The lowest BCUT2D eigenvalue weighted by molar-refractivity contribution is 0.292. The quantitative estimate of drug-likeness (QED) is 0.848. The Hall–Kier alpha value is -0.930. The maximum Gasteiger partial charge on any atom is 0.180 e. The van der Waals surface area contributed by atoms with Crippen molar-refractivity contribution in [3.8, 4) is 11.5 Å².